The maximum absolute atomic E-state index is 13.2. The lowest BCUT2D eigenvalue weighted by molar-refractivity contribution is -0.210. The Labute approximate surface area is 186 Å². The van der Waals surface area contributed by atoms with Crippen LogP contribution in [0, 0.1) is 5.92 Å². The fraction of sp³-hybridized carbons (Fsp3) is 0.435. The molecule has 0 bridgehead atoms. The highest BCUT2D eigenvalue weighted by atomic mass is 19.4. The van der Waals surface area contributed by atoms with Crippen molar-refractivity contribution in [2.24, 2.45) is 5.92 Å². The number of hydrogen-bond acceptors (Lipinski definition) is 3. The lowest BCUT2D eigenvalue weighted by Crippen LogP contribution is -2.38. The maximum atomic E-state index is 13.2. The molecule has 0 radical (unpaired) electrons. The zero-order valence-corrected chi connectivity index (χ0v) is 17.5. The van der Waals surface area contributed by atoms with Crippen LogP contribution >= 0.6 is 0 Å². The average molecular weight is 476 g/mol. The van der Waals surface area contributed by atoms with Gasteiger partial charge in [-0.2, -0.15) is 26.3 Å². The van der Waals surface area contributed by atoms with Gasteiger partial charge in [0.15, 0.2) is 6.29 Å². The van der Waals surface area contributed by atoms with Gasteiger partial charge in [-0.15, -0.1) is 0 Å². The number of alkyl halides is 6. The Balaban J connectivity index is 1.94. The Morgan fingerprint density at radius 2 is 1.64 bits per heavy atom. The topological polar surface area (TPSA) is 55.8 Å². The molecular formula is C23H22F6O4. The van der Waals surface area contributed by atoms with Crippen molar-refractivity contribution in [1.82, 2.24) is 0 Å². The Hall–Kier alpha value is -2.59. The zero-order valence-electron chi connectivity index (χ0n) is 17.5. The van der Waals surface area contributed by atoms with Crippen molar-refractivity contribution in [2.45, 2.75) is 50.4 Å². The van der Waals surface area contributed by atoms with Gasteiger partial charge in [-0.3, -0.25) is 4.79 Å². The number of benzene rings is 2. The molecule has 33 heavy (non-hydrogen) atoms. The van der Waals surface area contributed by atoms with E-state index >= 15 is 0 Å². The maximum Gasteiger partial charge on any atom is 0.416 e. The van der Waals surface area contributed by atoms with Gasteiger partial charge in [0.2, 0.25) is 0 Å². The Morgan fingerprint density at radius 1 is 1.06 bits per heavy atom. The smallest absolute Gasteiger partial charge is 0.416 e. The molecule has 180 valence electrons. The molecule has 1 aliphatic heterocycles. The number of hydrogen-bond donors (Lipinski definition) is 1. The van der Waals surface area contributed by atoms with Gasteiger partial charge >= 0.3 is 18.3 Å². The second-order valence-corrected chi connectivity index (χ2v) is 7.94. The highest BCUT2D eigenvalue weighted by Crippen LogP contribution is 2.42. The van der Waals surface area contributed by atoms with Crippen molar-refractivity contribution in [2.75, 3.05) is 6.61 Å². The van der Waals surface area contributed by atoms with Crippen molar-refractivity contribution < 1.29 is 45.7 Å². The van der Waals surface area contributed by atoms with Crippen molar-refractivity contribution in [1.29, 1.82) is 0 Å². The number of ether oxygens (including phenoxy) is 2. The van der Waals surface area contributed by atoms with E-state index in [9.17, 15) is 36.2 Å². The van der Waals surface area contributed by atoms with E-state index in [1.54, 1.807) is 30.3 Å². The molecule has 0 amide bonds. The number of aliphatic carboxylic acids is 1. The van der Waals surface area contributed by atoms with Crippen molar-refractivity contribution in [3.05, 3.63) is 70.8 Å². The molecule has 4 atom stereocenters. The molecule has 3 rings (SSSR count). The first-order valence-electron chi connectivity index (χ1n) is 10.2. The van der Waals surface area contributed by atoms with Crippen LogP contribution in [0.3, 0.4) is 0 Å². The first kappa shape index (κ1) is 25.0. The van der Waals surface area contributed by atoms with E-state index in [-0.39, 0.29) is 30.6 Å². The van der Waals surface area contributed by atoms with Crippen LogP contribution in [0.1, 0.15) is 54.0 Å². The second kappa shape index (κ2) is 9.72. The number of carbonyl (C=O) groups is 1. The van der Waals surface area contributed by atoms with Crippen LogP contribution in [0.15, 0.2) is 48.5 Å². The molecule has 0 aromatic heterocycles. The second-order valence-electron chi connectivity index (χ2n) is 7.94. The molecule has 2 aromatic carbocycles. The van der Waals surface area contributed by atoms with Gasteiger partial charge in [0, 0.05) is 12.3 Å². The summed E-state index contributed by atoms with van der Waals surface area (Å²) in [5.41, 5.74) is -2.47. The minimum absolute atomic E-state index is 0.0585. The van der Waals surface area contributed by atoms with E-state index in [2.05, 4.69) is 0 Å². The van der Waals surface area contributed by atoms with Crippen molar-refractivity contribution in [3.8, 4) is 0 Å². The quantitative estimate of drug-likeness (QED) is 0.489. The van der Waals surface area contributed by atoms with Crippen LogP contribution < -0.4 is 0 Å². The first-order chi connectivity index (χ1) is 15.4. The normalized spacial score (nSPS) is 22.7. The van der Waals surface area contributed by atoms with Gasteiger partial charge in [0.05, 0.1) is 23.8 Å². The Bertz CT molecular complexity index is 925. The van der Waals surface area contributed by atoms with E-state index < -0.39 is 47.8 Å². The van der Waals surface area contributed by atoms with Gasteiger partial charge in [0.25, 0.3) is 0 Å². The minimum Gasteiger partial charge on any atom is -0.481 e. The van der Waals surface area contributed by atoms with E-state index in [0.29, 0.717) is 24.1 Å². The summed E-state index contributed by atoms with van der Waals surface area (Å²) in [6.07, 6.45) is -12.0. The molecule has 2 aromatic rings. The molecule has 1 N–H and O–H groups in total. The lowest BCUT2D eigenvalue weighted by atomic mass is 9.80. The van der Waals surface area contributed by atoms with Gasteiger partial charge in [0.1, 0.15) is 0 Å². The highest BCUT2D eigenvalue weighted by Gasteiger charge is 2.40. The van der Waals surface area contributed by atoms with Crippen LogP contribution in [0.4, 0.5) is 26.3 Å². The van der Waals surface area contributed by atoms with Gasteiger partial charge in [-0.25, -0.2) is 0 Å². The van der Waals surface area contributed by atoms with Crippen LogP contribution in [-0.2, 0) is 26.6 Å². The average Bonchev–Trinajstić information content (AvgIpc) is 2.72. The molecule has 1 aliphatic rings. The van der Waals surface area contributed by atoms with E-state index in [1.807, 2.05) is 0 Å². The fourth-order valence-electron chi connectivity index (χ4n) is 4.02. The third-order valence-corrected chi connectivity index (χ3v) is 5.61. The molecule has 1 saturated heterocycles. The van der Waals surface area contributed by atoms with Crippen LogP contribution in [0.2, 0.25) is 0 Å². The predicted octanol–water partition coefficient (Wildman–Crippen LogP) is 6.42. The number of carboxylic acids is 1. The summed E-state index contributed by atoms with van der Waals surface area (Å²) >= 11 is 0. The number of halogens is 6. The summed E-state index contributed by atoms with van der Waals surface area (Å²) in [7, 11) is 0. The van der Waals surface area contributed by atoms with Crippen LogP contribution in [-0.4, -0.2) is 24.0 Å². The number of rotatable bonds is 6. The van der Waals surface area contributed by atoms with E-state index in [1.165, 1.54) is 6.92 Å². The molecule has 1 heterocycles. The number of carboxylic acid groups (broad SMARTS) is 1. The minimum atomic E-state index is -4.98. The van der Waals surface area contributed by atoms with Gasteiger partial charge in [-0.1, -0.05) is 30.3 Å². The molecule has 0 aliphatic carbocycles. The summed E-state index contributed by atoms with van der Waals surface area (Å²) in [5, 5.41) is 9.30. The van der Waals surface area contributed by atoms with Crippen molar-refractivity contribution in [3.63, 3.8) is 0 Å². The highest BCUT2D eigenvalue weighted by molar-refractivity contribution is 5.67. The predicted molar refractivity (Wildman–Crippen MR) is 105 cm³/mol. The Kier molecular flexibility index (Phi) is 7.38. The third kappa shape index (κ3) is 6.26. The summed E-state index contributed by atoms with van der Waals surface area (Å²) in [6, 6.07) is 10.0. The summed E-state index contributed by atoms with van der Waals surface area (Å²) < 4.78 is 90.9. The summed E-state index contributed by atoms with van der Waals surface area (Å²) in [5.74, 6) is -1.98. The molecule has 10 heteroatoms. The van der Waals surface area contributed by atoms with Crippen LogP contribution in [0.5, 0.6) is 0 Å². The molecular weight excluding hydrogens is 454 g/mol. The zero-order chi connectivity index (χ0) is 24.4. The van der Waals surface area contributed by atoms with Crippen molar-refractivity contribution >= 4 is 5.97 Å². The van der Waals surface area contributed by atoms with E-state index in [0.717, 1.165) is 0 Å². The molecule has 1 fully saturated rings. The molecule has 1 unspecified atom stereocenters. The summed E-state index contributed by atoms with van der Waals surface area (Å²) in [4.78, 5) is 11.4. The lowest BCUT2D eigenvalue weighted by Gasteiger charge is -2.39. The SMILES string of the molecule is CC(O[C@H]1OCC[C@H](CC(=O)O)[C@H]1c1ccccc1)c1cc(C(F)(F)F)cc(C(F)(F)F)c1. The Morgan fingerprint density at radius 3 is 2.15 bits per heavy atom. The third-order valence-electron chi connectivity index (χ3n) is 5.61. The van der Waals surface area contributed by atoms with Crippen LogP contribution in [0.25, 0.3) is 0 Å². The van der Waals surface area contributed by atoms with Gasteiger partial charge in [-0.05, 0) is 48.6 Å². The molecule has 4 nitrogen and oxygen atoms in total. The van der Waals surface area contributed by atoms with E-state index in [4.69, 9.17) is 9.47 Å². The standard InChI is InChI=1S/C23H22F6O4/c1-13(16-9-17(22(24,25)26)12-18(10-16)23(27,28)29)33-21-20(14-5-3-2-4-6-14)15(7-8-32-21)11-19(30)31/h2-6,9-10,12-13,15,20-21H,7-8,11H2,1H3,(H,30,31)/t13?,15-,20-,21-/m1/s1. The largest absolute Gasteiger partial charge is 0.481 e. The summed E-state index contributed by atoms with van der Waals surface area (Å²) in [6.45, 7) is 1.48. The van der Waals surface area contributed by atoms with Gasteiger partial charge < -0.3 is 14.6 Å². The fourth-order valence-corrected chi connectivity index (χ4v) is 4.02. The molecule has 0 saturated carbocycles. The first-order valence-corrected chi connectivity index (χ1v) is 10.2. The monoisotopic (exact) mass is 476 g/mol. The molecule has 0 spiro atoms.